The largest absolute Gasteiger partial charge is 0.427 e. The summed E-state index contributed by atoms with van der Waals surface area (Å²) in [6.07, 6.45) is 0. The zero-order chi connectivity index (χ0) is 10.0. The molecule has 0 bridgehead atoms. The second-order valence-electron chi connectivity index (χ2n) is 2.29. The molecule has 0 aliphatic rings. The third kappa shape index (κ3) is 2.21. The van der Waals surface area contributed by atoms with Crippen molar-refractivity contribution in [3.05, 3.63) is 29.6 Å². The van der Waals surface area contributed by atoms with E-state index in [4.69, 9.17) is 0 Å². The highest BCUT2D eigenvalue weighted by molar-refractivity contribution is 5.69. The van der Waals surface area contributed by atoms with Crippen LogP contribution in [0.2, 0.25) is 0 Å². The minimum atomic E-state index is -1.59. The molecule has 0 amide bonds. The number of esters is 1. The molecule has 0 aromatic heterocycles. The fourth-order valence-electron chi connectivity index (χ4n) is 0.757. The lowest BCUT2D eigenvalue weighted by Gasteiger charge is -2.01. The zero-order valence-electron chi connectivity index (χ0n) is 6.61. The minimum Gasteiger partial charge on any atom is -0.427 e. The molecule has 0 aliphatic carbocycles. The van der Waals surface area contributed by atoms with Crippen LogP contribution in [0.25, 0.3) is 0 Å². The topological polar surface area (TPSA) is 26.3 Å². The number of ether oxygens (including phenoxy) is 1. The first-order valence-electron chi connectivity index (χ1n) is 3.33. The summed E-state index contributed by atoms with van der Waals surface area (Å²) in [6, 6.07) is 1.19. The van der Waals surface area contributed by atoms with E-state index in [9.17, 15) is 18.0 Å². The first-order chi connectivity index (χ1) is 6.00. The van der Waals surface area contributed by atoms with Crippen LogP contribution in [0.5, 0.6) is 5.75 Å². The highest BCUT2D eigenvalue weighted by Gasteiger charge is 2.11. The van der Waals surface area contributed by atoms with Crippen molar-refractivity contribution in [2.75, 3.05) is 0 Å². The summed E-state index contributed by atoms with van der Waals surface area (Å²) >= 11 is 0. The number of hydrogen-bond acceptors (Lipinski definition) is 2. The van der Waals surface area contributed by atoms with E-state index in [1.54, 1.807) is 0 Å². The van der Waals surface area contributed by atoms with Crippen molar-refractivity contribution >= 4 is 5.97 Å². The molecule has 0 radical (unpaired) electrons. The maximum Gasteiger partial charge on any atom is 0.308 e. The Kier molecular flexibility index (Phi) is 2.55. The molecular weight excluding hydrogens is 185 g/mol. The van der Waals surface area contributed by atoms with Crippen LogP contribution in [-0.4, -0.2) is 5.97 Å². The van der Waals surface area contributed by atoms with Crippen LogP contribution >= 0.6 is 0 Å². The molecule has 0 N–H and O–H groups in total. The highest BCUT2D eigenvalue weighted by Crippen LogP contribution is 2.19. The molecule has 0 atom stereocenters. The summed E-state index contributed by atoms with van der Waals surface area (Å²) < 4.78 is 41.7. The molecule has 0 saturated carbocycles. The average molecular weight is 190 g/mol. The van der Waals surface area contributed by atoms with E-state index in [0.717, 1.165) is 6.92 Å². The van der Waals surface area contributed by atoms with E-state index in [1.807, 2.05) is 0 Å². The molecule has 0 saturated heterocycles. The van der Waals surface area contributed by atoms with Crippen LogP contribution in [0, 0.1) is 17.5 Å². The van der Waals surface area contributed by atoms with Crippen LogP contribution in [-0.2, 0) is 4.79 Å². The monoisotopic (exact) mass is 190 g/mol. The highest BCUT2D eigenvalue weighted by atomic mass is 19.2. The number of rotatable bonds is 1. The molecule has 0 unspecified atom stereocenters. The predicted molar refractivity (Wildman–Crippen MR) is 37.6 cm³/mol. The van der Waals surface area contributed by atoms with E-state index in [0.29, 0.717) is 12.1 Å². The van der Waals surface area contributed by atoms with Crippen molar-refractivity contribution in [1.29, 1.82) is 0 Å². The summed E-state index contributed by atoms with van der Waals surface area (Å²) in [5.74, 6) is -5.46. The standard InChI is InChI=1S/C8H5F3O2/c1-4(12)13-5-2-6(9)8(11)7(10)3-5/h2-3H,1H3. The molecule has 1 rings (SSSR count). The normalized spacial score (nSPS) is 9.85. The van der Waals surface area contributed by atoms with Crippen LogP contribution in [0.4, 0.5) is 13.2 Å². The quantitative estimate of drug-likeness (QED) is 0.384. The van der Waals surface area contributed by atoms with E-state index in [1.165, 1.54) is 0 Å². The molecule has 13 heavy (non-hydrogen) atoms. The van der Waals surface area contributed by atoms with Crippen LogP contribution < -0.4 is 4.74 Å². The van der Waals surface area contributed by atoms with Crippen molar-refractivity contribution in [2.45, 2.75) is 6.92 Å². The predicted octanol–water partition coefficient (Wildman–Crippen LogP) is 2.03. The summed E-state index contributed by atoms with van der Waals surface area (Å²) in [6.45, 7) is 1.07. The molecule has 0 fully saturated rings. The van der Waals surface area contributed by atoms with Crippen molar-refractivity contribution in [2.24, 2.45) is 0 Å². The Morgan fingerprint density at radius 2 is 1.69 bits per heavy atom. The smallest absolute Gasteiger partial charge is 0.308 e. The summed E-state index contributed by atoms with van der Waals surface area (Å²) in [5, 5.41) is 0. The molecule has 0 heterocycles. The lowest BCUT2D eigenvalue weighted by Crippen LogP contribution is -2.03. The number of halogens is 3. The third-order valence-electron chi connectivity index (χ3n) is 1.22. The van der Waals surface area contributed by atoms with Crippen LogP contribution in [0.3, 0.4) is 0 Å². The molecule has 0 aliphatic heterocycles. The number of carbonyl (C=O) groups excluding carboxylic acids is 1. The van der Waals surface area contributed by atoms with Crippen molar-refractivity contribution in [3.8, 4) is 5.75 Å². The SMILES string of the molecule is CC(=O)Oc1cc(F)c(F)c(F)c1. The van der Waals surface area contributed by atoms with Gasteiger partial charge in [0, 0.05) is 19.1 Å². The molecule has 1 aromatic rings. The molecule has 1 aromatic carbocycles. The van der Waals surface area contributed by atoms with Gasteiger partial charge in [0.05, 0.1) is 0 Å². The first-order valence-corrected chi connectivity index (χ1v) is 3.33. The van der Waals surface area contributed by atoms with Gasteiger partial charge in [-0.25, -0.2) is 13.2 Å². The third-order valence-corrected chi connectivity index (χ3v) is 1.22. The Hall–Kier alpha value is -1.52. The van der Waals surface area contributed by atoms with Gasteiger partial charge < -0.3 is 4.74 Å². The maximum atomic E-state index is 12.5. The summed E-state index contributed by atoms with van der Waals surface area (Å²) in [5.41, 5.74) is 0. The second-order valence-corrected chi connectivity index (χ2v) is 2.29. The molecular formula is C8H5F3O2. The number of hydrogen-bond donors (Lipinski definition) is 0. The van der Waals surface area contributed by atoms with Crippen molar-refractivity contribution < 1.29 is 22.7 Å². The van der Waals surface area contributed by atoms with Gasteiger partial charge in [0.2, 0.25) is 0 Å². The second kappa shape index (κ2) is 3.47. The molecule has 5 heteroatoms. The zero-order valence-corrected chi connectivity index (χ0v) is 6.61. The van der Waals surface area contributed by atoms with Crippen LogP contribution in [0.15, 0.2) is 12.1 Å². The Labute approximate surface area is 71.9 Å². The van der Waals surface area contributed by atoms with Gasteiger partial charge in [-0.3, -0.25) is 4.79 Å². The molecule has 70 valence electrons. The number of benzene rings is 1. The van der Waals surface area contributed by atoms with Gasteiger partial charge in [-0.2, -0.15) is 0 Å². The Morgan fingerprint density at radius 1 is 1.23 bits per heavy atom. The van der Waals surface area contributed by atoms with Gasteiger partial charge >= 0.3 is 5.97 Å². The summed E-state index contributed by atoms with van der Waals surface area (Å²) in [7, 11) is 0. The van der Waals surface area contributed by atoms with Crippen molar-refractivity contribution in [3.63, 3.8) is 0 Å². The van der Waals surface area contributed by atoms with Crippen molar-refractivity contribution in [1.82, 2.24) is 0 Å². The average Bonchev–Trinajstić information content (AvgIpc) is 1.98. The minimum absolute atomic E-state index is 0.357. The van der Waals surface area contributed by atoms with Gasteiger partial charge in [-0.15, -0.1) is 0 Å². The number of carbonyl (C=O) groups is 1. The summed E-state index contributed by atoms with van der Waals surface area (Å²) in [4.78, 5) is 10.4. The Morgan fingerprint density at radius 3 is 2.08 bits per heavy atom. The molecule has 2 nitrogen and oxygen atoms in total. The van der Waals surface area contributed by atoms with Gasteiger partial charge in [-0.1, -0.05) is 0 Å². The fraction of sp³-hybridized carbons (Fsp3) is 0.125. The first kappa shape index (κ1) is 9.57. The molecule has 0 spiro atoms. The van der Waals surface area contributed by atoms with E-state index < -0.39 is 23.4 Å². The van der Waals surface area contributed by atoms with Gasteiger partial charge in [0.15, 0.2) is 17.5 Å². The Balaban J connectivity index is 3.06. The van der Waals surface area contributed by atoms with Gasteiger partial charge in [0.1, 0.15) is 5.75 Å². The van der Waals surface area contributed by atoms with E-state index >= 15 is 0 Å². The maximum absolute atomic E-state index is 12.5. The van der Waals surface area contributed by atoms with E-state index in [2.05, 4.69) is 4.74 Å². The Bertz CT molecular complexity index is 326. The van der Waals surface area contributed by atoms with Gasteiger partial charge in [0.25, 0.3) is 0 Å². The lowest BCUT2D eigenvalue weighted by atomic mass is 10.3. The van der Waals surface area contributed by atoms with Crippen LogP contribution in [0.1, 0.15) is 6.92 Å². The lowest BCUT2D eigenvalue weighted by molar-refractivity contribution is -0.131. The van der Waals surface area contributed by atoms with Gasteiger partial charge in [-0.05, 0) is 0 Å². The fourth-order valence-corrected chi connectivity index (χ4v) is 0.757. The van der Waals surface area contributed by atoms with E-state index in [-0.39, 0.29) is 5.75 Å².